The molecule has 0 fully saturated rings. The average molecular weight is 372 g/mol. The summed E-state index contributed by atoms with van der Waals surface area (Å²) in [6.07, 6.45) is 0. The standard InChI is InChI=1S/C19H28N6O2/c1-6-22(5)10-16-9-17-11-23(7-8-24(17)21-16)18(27)12-25-14(3)19(15(4)26)13(2)20-25/h9H,6-8,10-12H2,1-5H3. The van der Waals surface area contributed by atoms with Gasteiger partial charge in [-0.15, -0.1) is 0 Å². The van der Waals surface area contributed by atoms with Gasteiger partial charge in [-0.3, -0.25) is 19.0 Å². The van der Waals surface area contributed by atoms with Gasteiger partial charge in [0.2, 0.25) is 5.91 Å². The summed E-state index contributed by atoms with van der Waals surface area (Å²) < 4.78 is 3.64. The Bertz CT molecular complexity index is 866. The fourth-order valence-corrected chi connectivity index (χ4v) is 3.59. The maximum Gasteiger partial charge on any atom is 0.244 e. The molecule has 2 aromatic heterocycles. The molecule has 0 unspecified atom stereocenters. The minimum Gasteiger partial charge on any atom is -0.333 e. The van der Waals surface area contributed by atoms with E-state index in [9.17, 15) is 9.59 Å². The van der Waals surface area contributed by atoms with Crippen LogP contribution in [0.5, 0.6) is 0 Å². The third-order valence-electron chi connectivity index (χ3n) is 5.19. The van der Waals surface area contributed by atoms with E-state index >= 15 is 0 Å². The van der Waals surface area contributed by atoms with Crippen molar-refractivity contribution in [3.8, 4) is 0 Å². The van der Waals surface area contributed by atoms with Gasteiger partial charge in [0.25, 0.3) is 0 Å². The number of Topliss-reactive ketones (excluding diaryl/α,β-unsaturated/α-hetero) is 1. The molecule has 0 aromatic carbocycles. The van der Waals surface area contributed by atoms with Gasteiger partial charge >= 0.3 is 0 Å². The van der Waals surface area contributed by atoms with Crippen LogP contribution in [-0.4, -0.2) is 61.2 Å². The van der Waals surface area contributed by atoms with Crippen molar-refractivity contribution >= 4 is 11.7 Å². The number of ketones is 1. The lowest BCUT2D eigenvalue weighted by Crippen LogP contribution is -2.40. The molecule has 8 heteroatoms. The minimum atomic E-state index is -0.0184. The van der Waals surface area contributed by atoms with Crippen LogP contribution in [0.2, 0.25) is 0 Å². The monoisotopic (exact) mass is 372 g/mol. The summed E-state index contributed by atoms with van der Waals surface area (Å²) in [5.41, 5.74) is 4.14. The lowest BCUT2D eigenvalue weighted by molar-refractivity contribution is -0.133. The Balaban J connectivity index is 1.69. The highest BCUT2D eigenvalue weighted by molar-refractivity contribution is 5.96. The molecule has 8 nitrogen and oxygen atoms in total. The van der Waals surface area contributed by atoms with Gasteiger partial charge in [-0.2, -0.15) is 10.2 Å². The van der Waals surface area contributed by atoms with Crippen LogP contribution in [0.4, 0.5) is 0 Å². The topological polar surface area (TPSA) is 76.3 Å². The van der Waals surface area contributed by atoms with E-state index in [2.05, 4.69) is 35.1 Å². The number of aromatic nitrogens is 4. The average Bonchev–Trinajstić information content (AvgIpc) is 3.13. The lowest BCUT2D eigenvalue weighted by Gasteiger charge is -2.27. The maximum atomic E-state index is 12.8. The highest BCUT2D eigenvalue weighted by atomic mass is 16.2. The summed E-state index contributed by atoms with van der Waals surface area (Å²) in [5, 5.41) is 9.03. The number of aryl methyl sites for hydroxylation is 1. The third kappa shape index (κ3) is 3.95. The Morgan fingerprint density at radius 3 is 2.59 bits per heavy atom. The van der Waals surface area contributed by atoms with Crippen molar-refractivity contribution in [2.45, 2.75) is 53.9 Å². The van der Waals surface area contributed by atoms with Crippen LogP contribution in [-0.2, 0) is 31.0 Å². The largest absolute Gasteiger partial charge is 0.333 e. The molecule has 0 saturated carbocycles. The summed E-state index contributed by atoms with van der Waals surface area (Å²) in [4.78, 5) is 28.6. The molecule has 1 amide bonds. The number of carbonyl (C=O) groups excluding carboxylic acids is 2. The van der Waals surface area contributed by atoms with Crippen molar-refractivity contribution in [3.63, 3.8) is 0 Å². The smallest absolute Gasteiger partial charge is 0.244 e. The minimum absolute atomic E-state index is 0.00961. The molecule has 0 bridgehead atoms. The van der Waals surface area contributed by atoms with Gasteiger partial charge in [-0.1, -0.05) is 6.92 Å². The van der Waals surface area contributed by atoms with E-state index in [1.807, 2.05) is 16.5 Å². The van der Waals surface area contributed by atoms with Crippen LogP contribution in [0.25, 0.3) is 0 Å². The number of hydrogen-bond donors (Lipinski definition) is 0. The van der Waals surface area contributed by atoms with Gasteiger partial charge < -0.3 is 9.80 Å². The van der Waals surface area contributed by atoms with Crippen LogP contribution < -0.4 is 0 Å². The molecule has 0 saturated heterocycles. The Labute approximate surface area is 159 Å². The molecule has 27 heavy (non-hydrogen) atoms. The summed E-state index contributed by atoms with van der Waals surface area (Å²) in [6.45, 7) is 11.1. The van der Waals surface area contributed by atoms with Gasteiger partial charge in [0.05, 0.1) is 35.7 Å². The molecule has 0 spiro atoms. The first-order valence-corrected chi connectivity index (χ1v) is 9.37. The first-order chi connectivity index (χ1) is 12.8. The lowest BCUT2D eigenvalue weighted by atomic mass is 10.1. The number of carbonyl (C=O) groups is 2. The van der Waals surface area contributed by atoms with Gasteiger partial charge in [0.1, 0.15) is 6.54 Å². The quantitative estimate of drug-likeness (QED) is 0.717. The summed E-state index contributed by atoms with van der Waals surface area (Å²) in [7, 11) is 2.07. The second-order valence-electron chi connectivity index (χ2n) is 7.26. The zero-order valence-corrected chi connectivity index (χ0v) is 16.8. The maximum absolute atomic E-state index is 12.8. The molecule has 1 aliphatic rings. The van der Waals surface area contributed by atoms with Crippen LogP contribution >= 0.6 is 0 Å². The Kier molecular flexibility index (Phi) is 5.46. The van der Waals surface area contributed by atoms with Crippen molar-refractivity contribution in [2.24, 2.45) is 0 Å². The zero-order chi connectivity index (χ0) is 19.7. The summed E-state index contributed by atoms with van der Waals surface area (Å²) in [5.74, 6) is -0.00877. The van der Waals surface area contributed by atoms with Crippen LogP contribution in [0.15, 0.2) is 6.07 Å². The predicted octanol–water partition coefficient (Wildman–Crippen LogP) is 1.39. The Morgan fingerprint density at radius 1 is 1.22 bits per heavy atom. The molecule has 0 aliphatic carbocycles. The number of hydrogen-bond acceptors (Lipinski definition) is 5. The fourth-order valence-electron chi connectivity index (χ4n) is 3.59. The molecular weight excluding hydrogens is 344 g/mol. The fraction of sp³-hybridized carbons (Fsp3) is 0.579. The third-order valence-corrected chi connectivity index (χ3v) is 5.19. The van der Waals surface area contributed by atoms with E-state index in [0.717, 1.165) is 30.2 Å². The Morgan fingerprint density at radius 2 is 1.96 bits per heavy atom. The molecule has 2 aromatic rings. The molecule has 3 rings (SSSR count). The predicted molar refractivity (Wildman–Crippen MR) is 101 cm³/mol. The number of fused-ring (bicyclic) bond motifs is 1. The molecule has 3 heterocycles. The van der Waals surface area contributed by atoms with Crippen LogP contribution in [0.3, 0.4) is 0 Å². The zero-order valence-electron chi connectivity index (χ0n) is 16.8. The second kappa shape index (κ2) is 7.64. The van der Waals surface area contributed by atoms with Gasteiger partial charge in [-0.05, 0) is 40.4 Å². The van der Waals surface area contributed by atoms with E-state index < -0.39 is 0 Å². The van der Waals surface area contributed by atoms with Gasteiger partial charge in [-0.25, -0.2) is 0 Å². The first-order valence-electron chi connectivity index (χ1n) is 9.37. The SMILES string of the molecule is CCN(C)Cc1cc2n(n1)CCN(C(=O)Cn1nc(C)c(C(C)=O)c1C)C2. The van der Waals surface area contributed by atoms with Crippen molar-refractivity contribution in [3.05, 3.63) is 34.4 Å². The molecule has 0 radical (unpaired) electrons. The number of rotatable bonds is 6. The summed E-state index contributed by atoms with van der Waals surface area (Å²) >= 11 is 0. The van der Waals surface area contributed by atoms with Gasteiger partial charge in [0.15, 0.2) is 5.78 Å². The van der Waals surface area contributed by atoms with Crippen molar-refractivity contribution in [1.29, 1.82) is 0 Å². The molecular formula is C19H28N6O2. The van der Waals surface area contributed by atoms with E-state index in [1.54, 1.807) is 11.6 Å². The van der Waals surface area contributed by atoms with E-state index in [-0.39, 0.29) is 18.2 Å². The highest BCUT2D eigenvalue weighted by Crippen LogP contribution is 2.17. The van der Waals surface area contributed by atoms with E-state index in [1.165, 1.54) is 6.92 Å². The van der Waals surface area contributed by atoms with Crippen LogP contribution in [0, 0.1) is 13.8 Å². The van der Waals surface area contributed by atoms with Gasteiger partial charge in [0, 0.05) is 18.8 Å². The molecule has 1 aliphatic heterocycles. The van der Waals surface area contributed by atoms with E-state index in [4.69, 9.17) is 0 Å². The highest BCUT2D eigenvalue weighted by Gasteiger charge is 2.24. The second-order valence-corrected chi connectivity index (χ2v) is 7.26. The normalized spacial score (nSPS) is 13.9. The van der Waals surface area contributed by atoms with E-state index in [0.29, 0.717) is 30.9 Å². The van der Waals surface area contributed by atoms with Crippen molar-refractivity contribution in [2.75, 3.05) is 20.1 Å². The van der Waals surface area contributed by atoms with Crippen molar-refractivity contribution in [1.82, 2.24) is 29.4 Å². The van der Waals surface area contributed by atoms with Crippen molar-refractivity contribution < 1.29 is 9.59 Å². The first kappa shape index (κ1) is 19.3. The Hall–Kier alpha value is -2.48. The molecule has 146 valence electrons. The molecule has 0 N–H and O–H groups in total. The van der Waals surface area contributed by atoms with Crippen LogP contribution in [0.1, 0.15) is 47.0 Å². The molecule has 0 atom stereocenters. The number of amides is 1. The summed E-state index contributed by atoms with van der Waals surface area (Å²) in [6, 6.07) is 2.09. The number of nitrogens with zero attached hydrogens (tertiary/aromatic N) is 6.